The van der Waals surface area contributed by atoms with Crippen LogP contribution < -0.4 is 5.32 Å². The molecule has 0 saturated heterocycles. The number of thioether (sulfide) groups is 1. The van der Waals surface area contributed by atoms with Crippen molar-refractivity contribution < 1.29 is 9.18 Å². The average molecular weight is 424 g/mol. The summed E-state index contributed by atoms with van der Waals surface area (Å²) in [7, 11) is 0. The SMILES string of the molecule is Cc1ccc2nc(-c3ccc(F)cc3)nc(SCC(=O)NCc3cccs3)c2c1. The minimum Gasteiger partial charge on any atom is -0.350 e. The summed E-state index contributed by atoms with van der Waals surface area (Å²) >= 11 is 3.00. The van der Waals surface area contributed by atoms with Gasteiger partial charge in [-0.25, -0.2) is 14.4 Å². The Morgan fingerprint density at radius 1 is 1.14 bits per heavy atom. The van der Waals surface area contributed by atoms with E-state index in [9.17, 15) is 9.18 Å². The molecular weight excluding hydrogens is 405 g/mol. The Morgan fingerprint density at radius 2 is 1.97 bits per heavy atom. The van der Waals surface area contributed by atoms with Gasteiger partial charge in [0.2, 0.25) is 5.91 Å². The second kappa shape index (κ2) is 8.71. The molecule has 4 rings (SSSR count). The van der Waals surface area contributed by atoms with Crippen molar-refractivity contribution in [3.05, 3.63) is 76.2 Å². The van der Waals surface area contributed by atoms with Crippen LogP contribution in [0.5, 0.6) is 0 Å². The van der Waals surface area contributed by atoms with Gasteiger partial charge in [-0.15, -0.1) is 11.3 Å². The zero-order chi connectivity index (χ0) is 20.2. The molecule has 1 N–H and O–H groups in total. The Bertz CT molecular complexity index is 1140. The molecule has 29 heavy (non-hydrogen) atoms. The van der Waals surface area contributed by atoms with E-state index in [2.05, 4.69) is 15.3 Å². The molecule has 1 amide bonds. The number of nitrogens with zero attached hydrogens (tertiary/aromatic N) is 2. The lowest BCUT2D eigenvalue weighted by Crippen LogP contribution is -2.24. The molecule has 4 nitrogen and oxygen atoms in total. The number of benzene rings is 2. The summed E-state index contributed by atoms with van der Waals surface area (Å²) in [5.41, 5.74) is 2.63. The fourth-order valence-corrected chi connectivity index (χ4v) is 4.32. The van der Waals surface area contributed by atoms with E-state index < -0.39 is 0 Å². The lowest BCUT2D eigenvalue weighted by molar-refractivity contribution is -0.118. The third-order valence-corrected chi connectivity index (χ3v) is 6.17. The summed E-state index contributed by atoms with van der Waals surface area (Å²) in [6.07, 6.45) is 0. The molecule has 2 aromatic carbocycles. The van der Waals surface area contributed by atoms with E-state index in [-0.39, 0.29) is 17.5 Å². The van der Waals surface area contributed by atoms with E-state index in [1.54, 1.807) is 23.5 Å². The van der Waals surface area contributed by atoms with Crippen molar-refractivity contribution in [2.24, 2.45) is 0 Å². The van der Waals surface area contributed by atoms with E-state index in [0.717, 1.165) is 31.9 Å². The van der Waals surface area contributed by atoms with E-state index in [1.807, 2.05) is 42.6 Å². The first kappa shape index (κ1) is 19.5. The van der Waals surface area contributed by atoms with Gasteiger partial charge in [-0.2, -0.15) is 0 Å². The van der Waals surface area contributed by atoms with Gasteiger partial charge in [0, 0.05) is 15.8 Å². The van der Waals surface area contributed by atoms with Gasteiger partial charge in [-0.3, -0.25) is 4.79 Å². The normalized spacial score (nSPS) is 11.0. The van der Waals surface area contributed by atoms with Crippen LogP contribution in [0.2, 0.25) is 0 Å². The summed E-state index contributed by atoms with van der Waals surface area (Å²) in [6.45, 7) is 2.54. The average Bonchev–Trinajstić information content (AvgIpc) is 3.24. The monoisotopic (exact) mass is 423 g/mol. The maximum absolute atomic E-state index is 13.3. The molecule has 2 aromatic heterocycles. The fourth-order valence-electron chi connectivity index (χ4n) is 2.84. The van der Waals surface area contributed by atoms with E-state index >= 15 is 0 Å². The molecule has 7 heteroatoms. The van der Waals surface area contributed by atoms with Crippen molar-refractivity contribution in [3.8, 4) is 11.4 Å². The molecular formula is C22H18FN3OS2. The predicted octanol–water partition coefficient (Wildman–Crippen LogP) is 5.21. The topological polar surface area (TPSA) is 54.9 Å². The lowest BCUT2D eigenvalue weighted by atomic mass is 10.1. The molecule has 0 bridgehead atoms. The smallest absolute Gasteiger partial charge is 0.230 e. The molecule has 4 aromatic rings. The van der Waals surface area contributed by atoms with Gasteiger partial charge in [-0.1, -0.05) is 29.5 Å². The minimum atomic E-state index is -0.304. The Balaban J connectivity index is 1.58. The van der Waals surface area contributed by atoms with E-state index in [1.165, 1.54) is 23.9 Å². The van der Waals surface area contributed by atoms with Gasteiger partial charge < -0.3 is 5.32 Å². The van der Waals surface area contributed by atoms with Crippen molar-refractivity contribution in [3.63, 3.8) is 0 Å². The Kier molecular flexibility index (Phi) is 5.87. The summed E-state index contributed by atoms with van der Waals surface area (Å²) in [6, 6.07) is 16.0. The maximum atomic E-state index is 13.3. The van der Waals surface area contributed by atoms with Crippen LogP contribution >= 0.6 is 23.1 Å². The number of aromatic nitrogens is 2. The number of rotatable bonds is 6. The first-order valence-electron chi connectivity index (χ1n) is 9.05. The maximum Gasteiger partial charge on any atom is 0.230 e. The third-order valence-electron chi connectivity index (χ3n) is 4.30. The first-order chi connectivity index (χ1) is 14.1. The minimum absolute atomic E-state index is 0.0499. The Hall–Kier alpha value is -2.77. The zero-order valence-electron chi connectivity index (χ0n) is 15.7. The number of nitrogens with one attached hydrogen (secondary N) is 1. The predicted molar refractivity (Wildman–Crippen MR) is 117 cm³/mol. The number of halogens is 1. The van der Waals surface area contributed by atoms with Crippen LogP contribution in [0.25, 0.3) is 22.3 Å². The molecule has 0 fully saturated rings. The van der Waals surface area contributed by atoms with Gasteiger partial charge in [0.25, 0.3) is 0 Å². The fraction of sp³-hybridized carbons (Fsp3) is 0.136. The van der Waals surface area contributed by atoms with Crippen molar-refractivity contribution in [2.75, 3.05) is 5.75 Å². The van der Waals surface area contributed by atoms with Crippen LogP contribution in [-0.4, -0.2) is 21.6 Å². The number of aryl methyl sites for hydroxylation is 1. The van der Waals surface area contributed by atoms with Crippen LogP contribution in [0.1, 0.15) is 10.4 Å². The zero-order valence-corrected chi connectivity index (χ0v) is 17.3. The van der Waals surface area contributed by atoms with Gasteiger partial charge in [0.15, 0.2) is 5.82 Å². The highest BCUT2D eigenvalue weighted by molar-refractivity contribution is 8.00. The van der Waals surface area contributed by atoms with Crippen LogP contribution in [-0.2, 0) is 11.3 Å². The van der Waals surface area contributed by atoms with Crippen LogP contribution in [0.15, 0.2) is 65.0 Å². The van der Waals surface area contributed by atoms with Gasteiger partial charge in [0.1, 0.15) is 10.8 Å². The number of thiophene rings is 1. The van der Waals surface area contributed by atoms with Crippen molar-refractivity contribution in [1.82, 2.24) is 15.3 Å². The van der Waals surface area contributed by atoms with Crippen LogP contribution in [0.3, 0.4) is 0 Å². The quantitative estimate of drug-likeness (QED) is 0.341. The summed E-state index contributed by atoms with van der Waals surface area (Å²) in [4.78, 5) is 22.7. The van der Waals surface area contributed by atoms with Crippen LogP contribution in [0, 0.1) is 12.7 Å². The second-order valence-electron chi connectivity index (χ2n) is 6.52. The standard InChI is InChI=1S/C22H18FN3OS2/c1-14-4-9-19-18(11-14)22(26-21(25-19)15-5-7-16(23)8-6-15)29-13-20(27)24-12-17-3-2-10-28-17/h2-11H,12-13H2,1H3,(H,24,27). The molecule has 0 aliphatic carbocycles. The largest absolute Gasteiger partial charge is 0.350 e. The molecule has 0 unspecified atom stereocenters. The number of carbonyl (C=O) groups excluding carboxylic acids is 1. The van der Waals surface area contributed by atoms with Crippen molar-refractivity contribution in [1.29, 1.82) is 0 Å². The van der Waals surface area contributed by atoms with E-state index in [4.69, 9.17) is 0 Å². The Labute approximate surface area is 176 Å². The molecule has 0 saturated carbocycles. The second-order valence-corrected chi connectivity index (χ2v) is 8.52. The number of carbonyl (C=O) groups is 1. The van der Waals surface area contributed by atoms with Crippen molar-refractivity contribution >= 4 is 39.9 Å². The van der Waals surface area contributed by atoms with Crippen LogP contribution in [0.4, 0.5) is 4.39 Å². The molecule has 0 radical (unpaired) electrons. The first-order valence-corrected chi connectivity index (χ1v) is 10.9. The number of hydrogen-bond donors (Lipinski definition) is 1. The summed E-state index contributed by atoms with van der Waals surface area (Å²) in [5.74, 6) is 0.421. The van der Waals surface area contributed by atoms with Gasteiger partial charge in [0.05, 0.1) is 17.8 Å². The van der Waals surface area contributed by atoms with Gasteiger partial charge in [-0.05, 0) is 54.8 Å². The van der Waals surface area contributed by atoms with E-state index in [0.29, 0.717) is 12.4 Å². The highest BCUT2D eigenvalue weighted by Crippen LogP contribution is 2.29. The molecule has 0 atom stereocenters. The van der Waals surface area contributed by atoms with Crippen molar-refractivity contribution in [2.45, 2.75) is 18.5 Å². The molecule has 0 aliphatic heterocycles. The molecule has 146 valence electrons. The Morgan fingerprint density at radius 3 is 2.72 bits per heavy atom. The summed E-state index contributed by atoms with van der Waals surface area (Å²) in [5, 5.41) is 6.57. The molecule has 2 heterocycles. The van der Waals surface area contributed by atoms with Gasteiger partial charge >= 0.3 is 0 Å². The number of fused-ring (bicyclic) bond motifs is 1. The molecule has 0 spiro atoms. The molecule has 0 aliphatic rings. The number of hydrogen-bond acceptors (Lipinski definition) is 5. The lowest BCUT2D eigenvalue weighted by Gasteiger charge is -2.10. The highest BCUT2D eigenvalue weighted by atomic mass is 32.2. The summed E-state index contributed by atoms with van der Waals surface area (Å²) < 4.78 is 13.3. The third kappa shape index (κ3) is 4.81. The highest BCUT2D eigenvalue weighted by Gasteiger charge is 2.12. The number of amides is 1.